The second-order valence-electron chi connectivity index (χ2n) is 5.21. The van der Waals surface area contributed by atoms with Crippen LogP contribution in [0.25, 0.3) is 0 Å². The van der Waals surface area contributed by atoms with Gasteiger partial charge >= 0.3 is 10.2 Å². The predicted molar refractivity (Wildman–Crippen MR) is 71.7 cm³/mol. The van der Waals surface area contributed by atoms with Crippen molar-refractivity contribution in [3.63, 3.8) is 0 Å². The Balaban J connectivity index is 2.06. The molecule has 1 N–H and O–H groups in total. The zero-order chi connectivity index (χ0) is 12.6. The van der Waals surface area contributed by atoms with Crippen LogP contribution in [-0.4, -0.2) is 20.5 Å². The smallest absolute Gasteiger partial charge is 0.250 e. The largest absolute Gasteiger partial charge is 0.302 e. The van der Waals surface area contributed by atoms with Gasteiger partial charge in [0.2, 0.25) is 0 Å². The first-order chi connectivity index (χ1) is 8.64. The van der Waals surface area contributed by atoms with Crippen LogP contribution in [0.15, 0.2) is 30.3 Å². The van der Waals surface area contributed by atoms with E-state index in [2.05, 4.69) is 4.72 Å². The topological polar surface area (TPSA) is 49.4 Å². The molecule has 1 aromatic rings. The fourth-order valence-corrected chi connectivity index (χ4v) is 4.92. The SMILES string of the molecule is O=S1(=O)NCC2(CCCCC2)N1c1ccccc1. The number of benzene rings is 1. The second-order valence-corrected chi connectivity index (χ2v) is 6.82. The van der Waals surface area contributed by atoms with Crippen molar-refractivity contribution >= 4 is 15.9 Å². The van der Waals surface area contributed by atoms with Gasteiger partial charge in [-0.2, -0.15) is 13.1 Å². The highest BCUT2D eigenvalue weighted by atomic mass is 32.2. The Hall–Kier alpha value is -1.07. The maximum Gasteiger partial charge on any atom is 0.302 e. The Kier molecular flexibility index (Phi) is 2.83. The van der Waals surface area contributed by atoms with Gasteiger partial charge in [0.25, 0.3) is 0 Å². The normalized spacial score (nSPS) is 25.4. The minimum atomic E-state index is -3.36. The van der Waals surface area contributed by atoms with E-state index >= 15 is 0 Å². The molecule has 2 fully saturated rings. The lowest BCUT2D eigenvalue weighted by Gasteiger charge is -2.39. The minimum absolute atomic E-state index is 0.238. The van der Waals surface area contributed by atoms with Crippen molar-refractivity contribution in [3.8, 4) is 0 Å². The van der Waals surface area contributed by atoms with E-state index in [0.29, 0.717) is 6.54 Å². The van der Waals surface area contributed by atoms with Gasteiger partial charge in [-0.3, -0.25) is 4.31 Å². The third-order valence-electron chi connectivity index (χ3n) is 4.03. The highest BCUT2D eigenvalue weighted by Crippen LogP contribution is 2.41. The Morgan fingerprint density at radius 3 is 2.39 bits per heavy atom. The van der Waals surface area contributed by atoms with Gasteiger partial charge in [-0.1, -0.05) is 37.5 Å². The van der Waals surface area contributed by atoms with Gasteiger partial charge in [-0.05, 0) is 25.0 Å². The molecule has 18 heavy (non-hydrogen) atoms. The van der Waals surface area contributed by atoms with Crippen molar-refractivity contribution in [2.24, 2.45) is 0 Å². The van der Waals surface area contributed by atoms with Gasteiger partial charge in [0.05, 0.1) is 11.2 Å². The van der Waals surface area contributed by atoms with Crippen LogP contribution in [0, 0.1) is 0 Å². The van der Waals surface area contributed by atoms with Crippen molar-refractivity contribution in [3.05, 3.63) is 30.3 Å². The molecule has 0 aromatic heterocycles. The number of para-hydroxylation sites is 1. The quantitative estimate of drug-likeness (QED) is 0.845. The van der Waals surface area contributed by atoms with Crippen LogP contribution in [0.2, 0.25) is 0 Å². The van der Waals surface area contributed by atoms with E-state index in [9.17, 15) is 8.42 Å². The lowest BCUT2D eigenvalue weighted by molar-refractivity contribution is 0.317. The van der Waals surface area contributed by atoms with Crippen LogP contribution in [0.4, 0.5) is 5.69 Å². The summed E-state index contributed by atoms with van der Waals surface area (Å²) in [5.74, 6) is 0. The molecule has 98 valence electrons. The van der Waals surface area contributed by atoms with Crippen LogP contribution < -0.4 is 9.03 Å². The van der Waals surface area contributed by atoms with Gasteiger partial charge in [-0.15, -0.1) is 0 Å². The molecule has 1 saturated heterocycles. The maximum atomic E-state index is 12.3. The van der Waals surface area contributed by atoms with Crippen molar-refractivity contribution in [1.82, 2.24) is 4.72 Å². The number of hydrogen-bond donors (Lipinski definition) is 1. The van der Waals surface area contributed by atoms with E-state index in [1.807, 2.05) is 30.3 Å². The van der Waals surface area contributed by atoms with Gasteiger partial charge in [0.15, 0.2) is 0 Å². The number of nitrogens with one attached hydrogen (secondary N) is 1. The Bertz CT molecular complexity index is 521. The molecule has 1 saturated carbocycles. The molecule has 0 unspecified atom stereocenters. The Morgan fingerprint density at radius 2 is 1.72 bits per heavy atom. The summed E-state index contributed by atoms with van der Waals surface area (Å²) in [5, 5.41) is 0. The van der Waals surface area contributed by atoms with Gasteiger partial charge in [0, 0.05) is 6.54 Å². The van der Waals surface area contributed by atoms with Crippen LogP contribution in [0.5, 0.6) is 0 Å². The summed E-state index contributed by atoms with van der Waals surface area (Å²) in [7, 11) is -3.36. The van der Waals surface area contributed by atoms with Crippen LogP contribution in [0.1, 0.15) is 32.1 Å². The highest BCUT2D eigenvalue weighted by Gasteiger charge is 2.49. The van der Waals surface area contributed by atoms with Crippen LogP contribution >= 0.6 is 0 Å². The zero-order valence-corrected chi connectivity index (χ0v) is 11.1. The van der Waals surface area contributed by atoms with E-state index in [1.54, 1.807) is 4.31 Å². The first-order valence-electron chi connectivity index (χ1n) is 6.49. The molecule has 1 spiro atoms. The molecular weight excluding hydrogens is 248 g/mol. The molecule has 0 radical (unpaired) electrons. The molecule has 0 atom stereocenters. The standard InChI is InChI=1S/C13H18N2O2S/c16-18(17)14-11-13(9-5-2-6-10-13)15(18)12-7-3-1-4-8-12/h1,3-4,7-8,14H,2,5-6,9-11H2. The van der Waals surface area contributed by atoms with Crippen molar-refractivity contribution in [2.75, 3.05) is 10.8 Å². The molecule has 1 aromatic carbocycles. The summed E-state index contributed by atoms with van der Waals surface area (Å²) in [6, 6.07) is 9.44. The van der Waals surface area contributed by atoms with E-state index in [-0.39, 0.29) is 5.54 Å². The molecule has 4 nitrogen and oxygen atoms in total. The first-order valence-corrected chi connectivity index (χ1v) is 7.93. The van der Waals surface area contributed by atoms with Crippen molar-refractivity contribution < 1.29 is 8.42 Å². The average Bonchev–Trinajstić information content (AvgIpc) is 2.63. The van der Waals surface area contributed by atoms with Crippen LogP contribution in [-0.2, 0) is 10.2 Å². The average molecular weight is 266 g/mol. The van der Waals surface area contributed by atoms with Gasteiger partial charge in [-0.25, -0.2) is 0 Å². The zero-order valence-electron chi connectivity index (χ0n) is 10.3. The highest BCUT2D eigenvalue weighted by molar-refractivity contribution is 7.91. The molecule has 5 heteroatoms. The summed E-state index contributed by atoms with van der Waals surface area (Å²) >= 11 is 0. The molecule has 3 rings (SSSR count). The molecule has 0 bridgehead atoms. The maximum absolute atomic E-state index is 12.3. The minimum Gasteiger partial charge on any atom is -0.250 e. The van der Waals surface area contributed by atoms with Gasteiger partial charge in [0.1, 0.15) is 0 Å². The molecule has 0 amide bonds. The molecule has 1 aliphatic carbocycles. The summed E-state index contributed by atoms with van der Waals surface area (Å²) in [5.41, 5.74) is 0.544. The van der Waals surface area contributed by atoms with E-state index in [0.717, 1.165) is 31.4 Å². The lowest BCUT2D eigenvalue weighted by atomic mass is 9.81. The number of nitrogens with zero attached hydrogens (tertiary/aromatic N) is 1. The fourth-order valence-electron chi connectivity index (χ4n) is 3.18. The first kappa shape index (κ1) is 12.0. The molecule has 1 aliphatic heterocycles. The van der Waals surface area contributed by atoms with Crippen molar-refractivity contribution in [2.45, 2.75) is 37.6 Å². The number of hydrogen-bond acceptors (Lipinski definition) is 2. The third-order valence-corrected chi connectivity index (χ3v) is 5.62. The van der Waals surface area contributed by atoms with E-state index in [4.69, 9.17) is 0 Å². The lowest BCUT2D eigenvalue weighted by Crippen LogP contribution is -2.48. The molecule has 2 aliphatic rings. The van der Waals surface area contributed by atoms with E-state index < -0.39 is 10.2 Å². The Labute approximate surface area is 108 Å². The summed E-state index contributed by atoms with van der Waals surface area (Å²) in [4.78, 5) is 0. The van der Waals surface area contributed by atoms with Crippen molar-refractivity contribution in [1.29, 1.82) is 0 Å². The summed E-state index contributed by atoms with van der Waals surface area (Å²) in [6.45, 7) is 0.546. The van der Waals surface area contributed by atoms with Gasteiger partial charge < -0.3 is 0 Å². The fraction of sp³-hybridized carbons (Fsp3) is 0.538. The molecule has 1 heterocycles. The number of rotatable bonds is 1. The second kappa shape index (κ2) is 4.24. The number of anilines is 1. The molecular formula is C13H18N2O2S. The monoisotopic (exact) mass is 266 g/mol. The summed E-state index contributed by atoms with van der Waals surface area (Å²) in [6.07, 6.45) is 5.34. The predicted octanol–water partition coefficient (Wildman–Crippen LogP) is 2.04. The summed E-state index contributed by atoms with van der Waals surface area (Å²) < 4.78 is 28.8. The third kappa shape index (κ3) is 1.82. The van der Waals surface area contributed by atoms with Crippen LogP contribution in [0.3, 0.4) is 0 Å². The van der Waals surface area contributed by atoms with E-state index in [1.165, 1.54) is 6.42 Å². The Morgan fingerprint density at radius 1 is 1.06 bits per heavy atom.